The predicted molar refractivity (Wildman–Crippen MR) is 132 cm³/mol. The molecule has 1 saturated heterocycles. The minimum Gasteiger partial charge on any atom is -0.497 e. The summed E-state index contributed by atoms with van der Waals surface area (Å²) in [4.78, 5) is 26.7. The molecule has 2 N–H and O–H groups in total. The highest BCUT2D eigenvalue weighted by atomic mass is 35.5. The molecule has 2 amide bonds. The summed E-state index contributed by atoms with van der Waals surface area (Å²) in [5.74, 6) is 0.488. The molecule has 0 unspecified atom stereocenters. The molecule has 0 aliphatic carbocycles. The van der Waals surface area contributed by atoms with E-state index in [0.717, 1.165) is 11.3 Å². The largest absolute Gasteiger partial charge is 0.497 e. The smallest absolute Gasteiger partial charge is 0.243 e. The Hall–Kier alpha value is -3.42. The predicted octanol–water partition coefficient (Wildman–Crippen LogP) is 5.08. The molecule has 1 fully saturated rings. The summed E-state index contributed by atoms with van der Waals surface area (Å²) in [5.41, 5.74) is 7.77. The van der Waals surface area contributed by atoms with E-state index in [1.165, 1.54) is 0 Å². The summed E-state index contributed by atoms with van der Waals surface area (Å²) < 4.78 is 11.0. The zero-order valence-electron chi connectivity index (χ0n) is 18.4. The molecule has 1 atom stereocenters. The Morgan fingerprint density at radius 2 is 1.85 bits per heavy atom. The molecule has 3 aromatic carbocycles. The van der Waals surface area contributed by atoms with Crippen molar-refractivity contribution in [2.24, 2.45) is 5.92 Å². The van der Waals surface area contributed by atoms with E-state index < -0.39 is 5.92 Å². The number of rotatable bonds is 8. The fraction of sp³-hybridized carbons (Fsp3) is 0.200. The van der Waals surface area contributed by atoms with Crippen molar-refractivity contribution in [3.63, 3.8) is 0 Å². The van der Waals surface area contributed by atoms with Crippen LogP contribution >= 0.6 is 23.2 Å². The van der Waals surface area contributed by atoms with Crippen LogP contribution in [0.1, 0.15) is 12.0 Å². The molecule has 1 aliphatic heterocycles. The molecule has 34 heavy (non-hydrogen) atoms. The van der Waals surface area contributed by atoms with Gasteiger partial charge in [-0.1, -0.05) is 35.3 Å². The van der Waals surface area contributed by atoms with Gasteiger partial charge in [-0.15, -0.1) is 0 Å². The topological polar surface area (TPSA) is 79.9 Å². The minimum atomic E-state index is -0.464. The van der Waals surface area contributed by atoms with Gasteiger partial charge in [0.05, 0.1) is 18.7 Å². The molecular weight excluding hydrogens is 477 g/mol. The van der Waals surface area contributed by atoms with Gasteiger partial charge < -0.3 is 14.4 Å². The molecule has 9 heteroatoms. The van der Waals surface area contributed by atoms with Crippen molar-refractivity contribution >= 4 is 46.4 Å². The third-order valence-corrected chi connectivity index (χ3v) is 6.04. The maximum absolute atomic E-state index is 12.7. The number of carbonyl (C=O) groups excluding carboxylic acids is 2. The van der Waals surface area contributed by atoms with E-state index in [2.05, 4.69) is 10.9 Å². The first-order chi connectivity index (χ1) is 16.4. The van der Waals surface area contributed by atoms with Crippen LogP contribution in [0.2, 0.25) is 10.0 Å². The van der Waals surface area contributed by atoms with E-state index in [1.54, 1.807) is 72.7 Å². The number of methoxy groups -OCH3 is 1. The van der Waals surface area contributed by atoms with Crippen molar-refractivity contribution < 1.29 is 19.1 Å². The van der Waals surface area contributed by atoms with Gasteiger partial charge in [0.15, 0.2) is 0 Å². The number of nitrogens with zero attached hydrogens (tertiary/aromatic N) is 1. The van der Waals surface area contributed by atoms with Crippen LogP contribution in [0.4, 0.5) is 11.4 Å². The Kier molecular flexibility index (Phi) is 7.45. The van der Waals surface area contributed by atoms with E-state index >= 15 is 0 Å². The summed E-state index contributed by atoms with van der Waals surface area (Å²) in [6.45, 7) is 0.584. The van der Waals surface area contributed by atoms with Crippen molar-refractivity contribution in [3.8, 4) is 11.5 Å². The van der Waals surface area contributed by atoms with Crippen LogP contribution in [0.15, 0.2) is 66.7 Å². The molecule has 0 spiro atoms. The third-order valence-electron chi connectivity index (χ3n) is 5.45. The van der Waals surface area contributed by atoms with Gasteiger partial charge in [-0.2, -0.15) is 0 Å². The number of benzene rings is 3. The number of ether oxygens (including phenoxy) is 2. The zero-order chi connectivity index (χ0) is 24.1. The number of hydrogen-bond donors (Lipinski definition) is 2. The summed E-state index contributed by atoms with van der Waals surface area (Å²) in [6.07, 6.45) is 0.143. The standard InChI is InChI=1S/C25H23Cl2N3O4/c1-33-21-9-7-20(8-10-21)30-14-17(11-24(30)31)25(32)29-28-19-3-2-4-22(13-19)34-15-16-5-6-18(26)12-23(16)27/h2-10,12-13,17,28H,11,14-15H2,1H3,(H,29,32)/t17-/m0/s1. The van der Waals surface area contributed by atoms with Gasteiger partial charge in [0, 0.05) is 40.3 Å². The van der Waals surface area contributed by atoms with Gasteiger partial charge >= 0.3 is 0 Å². The molecule has 176 valence electrons. The maximum Gasteiger partial charge on any atom is 0.243 e. The van der Waals surface area contributed by atoms with Crippen LogP contribution in [-0.4, -0.2) is 25.5 Å². The lowest BCUT2D eigenvalue weighted by atomic mass is 10.1. The first kappa shape index (κ1) is 23.7. The summed E-state index contributed by atoms with van der Waals surface area (Å²) in [6, 6.07) is 19.6. The molecule has 4 rings (SSSR count). The Labute approximate surface area is 207 Å². The number of hydrogen-bond acceptors (Lipinski definition) is 5. The minimum absolute atomic E-state index is 0.0958. The lowest BCUT2D eigenvalue weighted by Gasteiger charge is -2.17. The number of carbonyl (C=O) groups is 2. The first-order valence-corrected chi connectivity index (χ1v) is 11.4. The molecule has 7 nitrogen and oxygen atoms in total. The van der Waals surface area contributed by atoms with E-state index in [4.69, 9.17) is 32.7 Å². The van der Waals surface area contributed by atoms with E-state index in [9.17, 15) is 9.59 Å². The van der Waals surface area contributed by atoms with Crippen LogP contribution in [0.5, 0.6) is 11.5 Å². The van der Waals surface area contributed by atoms with Gasteiger partial charge in [0.1, 0.15) is 18.1 Å². The van der Waals surface area contributed by atoms with Crippen LogP contribution in [-0.2, 0) is 16.2 Å². The quantitative estimate of drug-likeness (QED) is 0.422. The van der Waals surface area contributed by atoms with Crippen molar-refractivity contribution in [2.45, 2.75) is 13.0 Å². The van der Waals surface area contributed by atoms with E-state index in [1.807, 2.05) is 6.07 Å². The lowest BCUT2D eigenvalue weighted by Crippen LogP contribution is -2.36. The highest BCUT2D eigenvalue weighted by Gasteiger charge is 2.35. The van der Waals surface area contributed by atoms with Crippen molar-refractivity contribution in [1.82, 2.24) is 5.43 Å². The second-order valence-corrected chi connectivity index (χ2v) is 8.61. The van der Waals surface area contributed by atoms with Crippen molar-refractivity contribution in [3.05, 3.63) is 82.3 Å². The van der Waals surface area contributed by atoms with Crippen molar-refractivity contribution in [2.75, 3.05) is 24.0 Å². The molecule has 0 saturated carbocycles. The SMILES string of the molecule is COc1ccc(N2C[C@@H](C(=O)NNc3cccc(OCc4ccc(Cl)cc4Cl)c3)CC2=O)cc1. The fourth-order valence-electron chi connectivity index (χ4n) is 3.59. The molecule has 1 heterocycles. The number of anilines is 2. The molecule has 1 aliphatic rings. The van der Waals surface area contributed by atoms with Gasteiger partial charge in [-0.05, 0) is 48.5 Å². The average molecular weight is 500 g/mol. The summed E-state index contributed by atoms with van der Waals surface area (Å²) in [5, 5.41) is 1.09. The molecule has 0 bridgehead atoms. The number of halogens is 2. The van der Waals surface area contributed by atoms with Gasteiger partial charge in [-0.25, -0.2) is 0 Å². The Morgan fingerprint density at radius 1 is 1.06 bits per heavy atom. The third kappa shape index (κ3) is 5.73. The number of nitrogens with one attached hydrogen (secondary N) is 2. The number of hydrazine groups is 1. The number of amides is 2. The summed E-state index contributed by atoms with van der Waals surface area (Å²) >= 11 is 12.1. The lowest BCUT2D eigenvalue weighted by molar-refractivity contribution is -0.125. The molecule has 3 aromatic rings. The average Bonchev–Trinajstić information content (AvgIpc) is 3.24. The second kappa shape index (κ2) is 10.7. The second-order valence-electron chi connectivity index (χ2n) is 7.77. The Balaban J connectivity index is 1.31. The van der Waals surface area contributed by atoms with Crippen LogP contribution in [0.25, 0.3) is 0 Å². The van der Waals surface area contributed by atoms with Gasteiger partial charge in [0.25, 0.3) is 0 Å². The molecule has 0 aromatic heterocycles. The Morgan fingerprint density at radius 3 is 2.59 bits per heavy atom. The van der Waals surface area contributed by atoms with Crippen LogP contribution in [0, 0.1) is 5.92 Å². The van der Waals surface area contributed by atoms with Crippen LogP contribution in [0.3, 0.4) is 0 Å². The highest BCUT2D eigenvalue weighted by molar-refractivity contribution is 6.35. The van der Waals surface area contributed by atoms with Crippen LogP contribution < -0.4 is 25.2 Å². The maximum atomic E-state index is 12.7. The zero-order valence-corrected chi connectivity index (χ0v) is 19.9. The van der Waals surface area contributed by atoms with E-state index in [-0.39, 0.29) is 24.8 Å². The summed E-state index contributed by atoms with van der Waals surface area (Å²) in [7, 11) is 1.58. The van der Waals surface area contributed by atoms with E-state index in [0.29, 0.717) is 33.8 Å². The van der Waals surface area contributed by atoms with Crippen molar-refractivity contribution in [1.29, 1.82) is 0 Å². The molecule has 0 radical (unpaired) electrons. The monoisotopic (exact) mass is 499 g/mol. The normalized spacial score (nSPS) is 15.2. The van der Waals surface area contributed by atoms with Gasteiger partial charge in [-0.3, -0.25) is 20.4 Å². The highest BCUT2D eigenvalue weighted by Crippen LogP contribution is 2.27. The molecular formula is C25H23Cl2N3O4. The van der Waals surface area contributed by atoms with Gasteiger partial charge in [0.2, 0.25) is 11.8 Å². The fourth-order valence-corrected chi connectivity index (χ4v) is 4.06. The first-order valence-electron chi connectivity index (χ1n) is 10.6. The Bertz CT molecular complexity index is 1190.